The van der Waals surface area contributed by atoms with Crippen molar-refractivity contribution in [2.75, 3.05) is 0 Å². The molecule has 1 amide bonds. The van der Waals surface area contributed by atoms with E-state index in [2.05, 4.69) is 33.1 Å². The maximum absolute atomic E-state index is 11.3. The number of carbonyl (C=O) groups excluding carboxylic acids is 1. The van der Waals surface area contributed by atoms with Crippen molar-refractivity contribution in [2.45, 2.75) is 19.4 Å². The first-order valence-electron chi connectivity index (χ1n) is 3.89. The number of amides is 1. The van der Waals surface area contributed by atoms with E-state index in [-0.39, 0.29) is 11.9 Å². The maximum atomic E-state index is 11.3. The van der Waals surface area contributed by atoms with Gasteiger partial charge in [-0.05, 0) is 29.0 Å². The number of rotatable bonds is 3. The van der Waals surface area contributed by atoms with Gasteiger partial charge >= 0.3 is 0 Å². The summed E-state index contributed by atoms with van der Waals surface area (Å²) in [6.07, 6.45) is 4.18. The Morgan fingerprint density at radius 1 is 1.92 bits per heavy atom. The summed E-state index contributed by atoms with van der Waals surface area (Å²) in [4.78, 5) is 11.3. The van der Waals surface area contributed by atoms with Crippen LogP contribution in [0.15, 0.2) is 12.4 Å². The van der Waals surface area contributed by atoms with Crippen molar-refractivity contribution in [3.05, 3.63) is 16.0 Å². The number of nitrogens with two attached hydrogens (primary N) is 1. The van der Waals surface area contributed by atoms with Crippen LogP contribution in [0.5, 0.6) is 0 Å². The van der Waals surface area contributed by atoms with E-state index in [1.807, 2.05) is 13.1 Å². The Labute approximate surface area is 89.8 Å². The summed E-state index contributed by atoms with van der Waals surface area (Å²) >= 11 is 2.14. The smallest absolute Gasteiger partial charge is 0.258 e. The van der Waals surface area contributed by atoms with Gasteiger partial charge in [0.15, 0.2) is 0 Å². The van der Waals surface area contributed by atoms with Crippen LogP contribution in [0.25, 0.3) is 0 Å². The van der Waals surface area contributed by atoms with Crippen molar-refractivity contribution in [1.29, 1.82) is 0 Å². The van der Waals surface area contributed by atoms with E-state index in [0.29, 0.717) is 6.42 Å². The zero-order valence-corrected chi connectivity index (χ0v) is 9.35. The summed E-state index contributed by atoms with van der Waals surface area (Å²) in [7, 11) is 0. The van der Waals surface area contributed by atoms with E-state index in [1.165, 1.54) is 0 Å². The minimum Gasteiger partial charge on any atom is -0.292 e. The average Bonchev–Trinajstić information content (AvgIpc) is 2.53. The summed E-state index contributed by atoms with van der Waals surface area (Å²) in [5.74, 6) is 4.83. The molecule has 1 rings (SSSR count). The molecule has 0 spiro atoms. The third-order valence-electron chi connectivity index (χ3n) is 1.72. The van der Waals surface area contributed by atoms with Gasteiger partial charge in [0.25, 0.3) is 5.91 Å². The van der Waals surface area contributed by atoms with Gasteiger partial charge < -0.3 is 0 Å². The Morgan fingerprint density at radius 2 is 2.62 bits per heavy atom. The first-order chi connectivity index (χ1) is 6.19. The van der Waals surface area contributed by atoms with Crippen LogP contribution in [0.2, 0.25) is 0 Å². The lowest BCUT2D eigenvalue weighted by atomic mass is 10.2. The highest BCUT2D eigenvalue weighted by atomic mass is 127. The molecular formula is C7H11IN4O. The largest absolute Gasteiger partial charge is 0.292 e. The van der Waals surface area contributed by atoms with Crippen molar-refractivity contribution in [1.82, 2.24) is 15.2 Å². The Bertz CT molecular complexity index is 298. The molecule has 3 N–H and O–H groups in total. The number of nitrogens with zero attached hydrogens (tertiary/aromatic N) is 2. The zero-order chi connectivity index (χ0) is 9.84. The molecule has 0 radical (unpaired) electrons. The number of hydrazine groups is 1. The van der Waals surface area contributed by atoms with E-state index in [9.17, 15) is 4.79 Å². The second-order valence-electron chi connectivity index (χ2n) is 2.57. The fourth-order valence-electron chi connectivity index (χ4n) is 1.07. The molecule has 0 aromatic carbocycles. The fourth-order valence-corrected chi connectivity index (χ4v) is 1.48. The summed E-state index contributed by atoms with van der Waals surface area (Å²) in [6, 6.07) is -0.312. The molecule has 1 unspecified atom stereocenters. The Hall–Kier alpha value is -0.630. The van der Waals surface area contributed by atoms with Gasteiger partial charge in [0, 0.05) is 6.20 Å². The van der Waals surface area contributed by atoms with Crippen molar-refractivity contribution in [3.8, 4) is 0 Å². The van der Waals surface area contributed by atoms with Gasteiger partial charge in [-0.25, -0.2) is 5.84 Å². The van der Waals surface area contributed by atoms with E-state index in [1.54, 1.807) is 10.9 Å². The second-order valence-corrected chi connectivity index (χ2v) is 3.82. The van der Waals surface area contributed by atoms with Crippen molar-refractivity contribution < 1.29 is 4.79 Å². The van der Waals surface area contributed by atoms with Crippen molar-refractivity contribution in [2.24, 2.45) is 5.84 Å². The highest BCUT2D eigenvalue weighted by Gasteiger charge is 2.17. The Balaban J connectivity index is 2.84. The van der Waals surface area contributed by atoms with Crippen LogP contribution < -0.4 is 11.3 Å². The number of hydrogen-bond acceptors (Lipinski definition) is 3. The predicted octanol–water partition coefficient (Wildman–Crippen LogP) is 0.429. The second kappa shape index (κ2) is 4.56. The van der Waals surface area contributed by atoms with Crippen LogP contribution in [-0.4, -0.2) is 15.7 Å². The molecule has 6 heteroatoms. The summed E-state index contributed by atoms with van der Waals surface area (Å²) in [5, 5.41) is 4.05. The third kappa shape index (κ3) is 2.41. The lowest BCUT2D eigenvalue weighted by Gasteiger charge is -2.12. The lowest BCUT2D eigenvalue weighted by molar-refractivity contribution is -0.124. The first-order valence-corrected chi connectivity index (χ1v) is 4.97. The molecule has 0 aliphatic carbocycles. The Kier molecular flexibility index (Phi) is 3.67. The van der Waals surface area contributed by atoms with Crippen LogP contribution in [0.1, 0.15) is 19.4 Å². The monoisotopic (exact) mass is 294 g/mol. The number of carbonyl (C=O) groups is 1. The van der Waals surface area contributed by atoms with E-state index in [0.717, 1.165) is 3.57 Å². The Morgan fingerprint density at radius 3 is 3.00 bits per heavy atom. The molecular weight excluding hydrogens is 283 g/mol. The molecule has 0 saturated heterocycles. The quantitative estimate of drug-likeness (QED) is 0.367. The number of aromatic nitrogens is 2. The molecule has 13 heavy (non-hydrogen) atoms. The molecule has 72 valence electrons. The fraction of sp³-hybridized carbons (Fsp3) is 0.429. The van der Waals surface area contributed by atoms with Gasteiger partial charge in [0.05, 0.1) is 9.77 Å². The molecule has 0 fully saturated rings. The van der Waals surface area contributed by atoms with Crippen LogP contribution in [0.3, 0.4) is 0 Å². The van der Waals surface area contributed by atoms with Gasteiger partial charge in [-0.1, -0.05) is 6.92 Å². The van der Waals surface area contributed by atoms with Crippen LogP contribution in [0, 0.1) is 3.57 Å². The van der Waals surface area contributed by atoms with Crippen LogP contribution >= 0.6 is 22.6 Å². The van der Waals surface area contributed by atoms with Gasteiger partial charge in [-0.15, -0.1) is 0 Å². The summed E-state index contributed by atoms with van der Waals surface area (Å²) in [5.41, 5.74) is 2.12. The normalized spacial score (nSPS) is 12.5. The van der Waals surface area contributed by atoms with Gasteiger partial charge in [0.2, 0.25) is 0 Å². The van der Waals surface area contributed by atoms with Crippen molar-refractivity contribution >= 4 is 28.5 Å². The predicted molar refractivity (Wildman–Crippen MR) is 56.6 cm³/mol. The molecule has 0 saturated carbocycles. The standard InChI is InChI=1S/C7H11IN4O/c1-2-6(7(13)11-9)12-4-5(8)3-10-12/h3-4,6H,2,9H2,1H3,(H,11,13). The number of halogens is 1. The van der Waals surface area contributed by atoms with E-state index >= 15 is 0 Å². The van der Waals surface area contributed by atoms with Crippen molar-refractivity contribution in [3.63, 3.8) is 0 Å². The van der Waals surface area contributed by atoms with Crippen LogP contribution in [0.4, 0.5) is 0 Å². The molecule has 1 atom stereocenters. The molecule has 5 nitrogen and oxygen atoms in total. The minimum atomic E-state index is -0.312. The highest BCUT2D eigenvalue weighted by molar-refractivity contribution is 14.1. The molecule has 0 aliphatic heterocycles. The zero-order valence-electron chi connectivity index (χ0n) is 7.20. The highest BCUT2D eigenvalue weighted by Crippen LogP contribution is 2.12. The summed E-state index contributed by atoms with van der Waals surface area (Å²) in [6.45, 7) is 1.91. The first kappa shape index (κ1) is 10.5. The number of hydrogen-bond donors (Lipinski definition) is 2. The topological polar surface area (TPSA) is 72.9 Å². The maximum Gasteiger partial charge on any atom is 0.258 e. The molecule has 0 bridgehead atoms. The minimum absolute atomic E-state index is 0.220. The summed E-state index contributed by atoms with van der Waals surface area (Å²) < 4.78 is 2.62. The number of nitrogens with one attached hydrogen (secondary N) is 1. The van der Waals surface area contributed by atoms with Gasteiger partial charge in [-0.3, -0.25) is 14.9 Å². The molecule has 0 aliphatic rings. The van der Waals surface area contributed by atoms with Crippen LogP contribution in [-0.2, 0) is 4.79 Å². The molecule has 1 aromatic heterocycles. The van der Waals surface area contributed by atoms with E-state index in [4.69, 9.17) is 5.84 Å². The van der Waals surface area contributed by atoms with E-state index < -0.39 is 0 Å². The van der Waals surface area contributed by atoms with Gasteiger partial charge in [0.1, 0.15) is 6.04 Å². The average molecular weight is 294 g/mol. The van der Waals surface area contributed by atoms with Gasteiger partial charge in [-0.2, -0.15) is 5.10 Å². The SMILES string of the molecule is CCC(C(=O)NN)n1cc(I)cn1. The molecule has 1 heterocycles. The lowest BCUT2D eigenvalue weighted by Crippen LogP contribution is -2.37. The third-order valence-corrected chi connectivity index (χ3v) is 2.28. The molecule has 1 aromatic rings.